The first kappa shape index (κ1) is 15.9. The molecule has 0 spiro atoms. The molecule has 26 heavy (non-hydrogen) atoms. The number of phenolic OH excluding ortho intramolecular Hbond substituents is 1. The summed E-state index contributed by atoms with van der Waals surface area (Å²) in [5, 5.41) is 10.5. The van der Waals surface area contributed by atoms with E-state index in [2.05, 4.69) is 4.98 Å². The first-order valence-corrected chi connectivity index (χ1v) is 9.56. The smallest absolute Gasteiger partial charge is 0.318 e. The SMILES string of the molecule is O=C(Oc1cccnc1)C12CC3CC(CC(C3)C1c1ccccc1O)C2. The van der Waals surface area contributed by atoms with E-state index in [0.717, 1.165) is 31.2 Å². The number of phenols is 1. The van der Waals surface area contributed by atoms with E-state index in [0.29, 0.717) is 29.3 Å². The van der Waals surface area contributed by atoms with Crippen LogP contribution in [0.5, 0.6) is 11.5 Å². The second-order valence-electron chi connectivity index (χ2n) is 8.38. The van der Waals surface area contributed by atoms with Crippen LogP contribution in [-0.4, -0.2) is 16.1 Å². The summed E-state index contributed by atoms with van der Waals surface area (Å²) in [5.41, 5.74) is 0.392. The van der Waals surface area contributed by atoms with Crippen LogP contribution in [0.15, 0.2) is 48.8 Å². The van der Waals surface area contributed by atoms with E-state index < -0.39 is 5.41 Å². The zero-order valence-electron chi connectivity index (χ0n) is 14.7. The number of aromatic nitrogens is 1. The first-order valence-electron chi connectivity index (χ1n) is 9.56. The van der Waals surface area contributed by atoms with Gasteiger partial charge in [0.25, 0.3) is 0 Å². The van der Waals surface area contributed by atoms with Gasteiger partial charge in [0.05, 0.1) is 11.6 Å². The number of rotatable bonds is 3. The summed E-state index contributed by atoms with van der Waals surface area (Å²) in [6, 6.07) is 11.1. The van der Waals surface area contributed by atoms with Crippen molar-refractivity contribution in [2.75, 3.05) is 0 Å². The molecular formula is C22H23NO3. The van der Waals surface area contributed by atoms with Crippen molar-refractivity contribution in [3.8, 4) is 11.5 Å². The van der Waals surface area contributed by atoms with E-state index in [-0.39, 0.29) is 11.9 Å². The molecule has 0 radical (unpaired) electrons. The molecule has 1 aromatic carbocycles. The van der Waals surface area contributed by atoms with Gasteiger partial charge >= 0.3 is 5.97 Å². The van der Waals surface area contributed by atoms with Crippen LogP contribution in [0.25, 0.3) is 0 Å². The van der Waals surface area contributed by atoms with E-state index in [1.165, 1.54) is 6.42 Å². The van der Waals surface area contributed by atoms with Crippen LogP contribution in [-0.2, 0) is 4.79 Å². The van der Waals surface area contributed by atoms with E-state index in [9.17, 15) is 9.90 Å². The number of carbonyl (C=O) groups excluding carboxylic acids is 1. The Kier molecular flexibility index (Phi) is 3.56. The Labute approximate surface area is 153 Å². The normalized spacial score (nSPS) is 34.6. The largest absolute Gasteiger partial charge is 0.508 e. The fraction of sp³-hybridized carbons (Fsp3) is 0.455. The maximum Gasteiger partial charge on any atom is 0.318 e. The number of carbonyl (C=O) groups is 1. The fourth-order valence-corrected chi connectivity index (χ4v) is 6.25. The number of benzene rings is 1. The maximum atomic E-state index is 13.4. The lowest BCUT2D eigenvalue weighted by atomic mass is 9.44. The molecule has 1 heterocycles. The van der Waals surface area contributed by atoms with Gasteiger partial charge in [-0.15, -0.1) is 0 Å². The molecule has 3 unspecified atom stereocenters. The van der Waals surface area contributed by atoms with Crippen LogP contribution >= 0.6 is 0 Å². The van der Waals surface area contributed by atoms with Crippen LogP contribution in [0.3, 0.4) is 0 Å². The van der Waals surface area contributed by atoms with Gasteiger partial charge in [0.2, 0.25) is 0 Å². The van der Waals surface area contributed by atoms with Crippen LogP contribution in [0.2, 0.25) is 0 Å². The summed E-state index contributed by atoms with van der Waals surface area (Å²) in [7, 11) is 0. The van der Waals surface area contributed by atoms with Gasteiger partial charge in [0.1, 0.15) is 11.5 Å². The predicted octanol–water partition coefficient (Wildman–Crippen LogP) is 4.30. The second kappa shape index (κ2) is 5.83. The number of aromatic hydroxyl groups is 1. The minimum Gasteiger partial charge on any atom is -0.508 e. The Morgan fingerprint density at radius 2 is 1.85 bits per heavy atom. The molecule has 0 aliphatic heterocycles. The molecule has 2 aromatic rings. The van der Waals surface area contributed by atoms with E-state index >= 15 is 0 Å². The Morgan fingerprint density at radius 1 is 1.08 bits per heavy atom. The molecule has 0 saturated heterocycles. The fourth-order valence-electron chi connectivity index (χ4n) is 6.25. The third-order valence-corrected chi connectivity index (χ3v) is 6.83. The second-order valence-corrected chi connectivity index (χ2v) is 8.38. The number of pyridine rings is 1. The molecule has 4 nitrogen and oxygen atoms in total. The molecule has 1 N–H and O–H groups in total. The summed E-state index contributed by atoms with van der Waals surface area (Å²) in [6.07, 6.45) is 8.58. The Hall–Kier alpha value is -2.36. The minimum absolute atomic E-state index is 0.0423. The molecule has 4 saturated carbocycles. The van der Waals surface area contributed by atoms with Crippen molar-refractivity contribution in [1.29, 1.82) is 0 Å². The summed E-state index contributed by atoms with van der Waals surface area (Å²) >= 11 is 0. The van der Waals surface area contributed by atoms with Gasteiger partial charge in [-0.05, 0) is 73.6 Å². The average molecular weight is 349 g/mol. The lowest BCUT2D eigenvalue weighted by Gasteiger charge is -2.59. The molecule has 134 valence electrons. The lowest BCUT2D eigenvalue weighted by Crippen LogP contribution is -2.56. The topological polar surface area (TPSA) is 59.4 Å². The monoisotopic (exact) mass is 349 g/mol. The van der Waals surface area contributed by atoms with Crippen LogP contribution in [0.1, 0.15) is 43.6 Å². The molecule has 1 aromatic heterocycles. The van der Waals surface area contributed by atoms with E-state index in [1.807, 2.05) is 18.2 Å². The molecule has 4 fully saturated rings. The van der Waals surface area contributed by atoms with E-state index in [1.54, 1.807) is 30.6 Å². The highest BCUT2D eigenvalue weighted by Crippen LogP contribution is 2.67. The van der Waals surface area contributed by atoms with Crippen LogP contribution in [0.4, 0.5) is 0 Å². The molecule has 4 aliphatic rings. The molecule has 0 amide bonds. The number of hydrogen-bond acceptors (Lipinski definition) is 4. The molecule has 4 heteroatoms. The first-order chi connectivity index (χ1) is 12.7. The van der Waals surface area contributed by atoms with Crippen molar-refractivity contribution < 1.29 is 14.6 Å². The highest BCUT2D eigenvalue weighted by Gasteiger charge is 2.62. The van der Waals surface area contributed by atoms with Crippen molar-refractivity contribution in [3.63, 3.8) is 0 Å². The number of ether oxygens (including phenoxy) is 1. The highest BCUT2D eigenvalue weighted by atomic mass is 16.5. The summed E-state index contributed by atoms with van der Waals surface area (Å²) in [5.74, 6) is 2.38. The maximum absolute atomic E-state index is 13.4. The number of para-hydroxylation sites is 1. The Bertz CT molecular complexity index is 820. The quantitative estimate of drug-likeness (QED) is 0.839. The van der Waals surface area contributed by atoms with Crippen molar-refractivity contribution in [2.45, 2.75) is 38.0 Å². The molecule has 4 bridgehead atoms. The van der Waals surface area contributed by atoms with Gasteiger partial charge < -0.3 is 9.84 Å². The number of nitrogens with zero attached hydrogens (tertiary/aromatic N) is 1. The van der Waals surface area contributed by atoms with Crippen molar-refractivity contribution in [3.05, 3.63) is 54.4 Å². The zero-order valence-corrected chi connectivity index (χ0v) is 14.7. The van der Waals surface area contributed by atoms with Crippen molar-refractivity contribution >= 4 is 5.97 Å². The van der Waals surface area contributed by atoms with Crippen LogP contribution in [0, 0.1) is 23.2 Å². The Balaban J connectivity index is 1.56. The summed E-state index contributed by atoms with van der Waals surface area (Å²) in [4.78, 5) is 17.5. The van der Waals surface area contributed by atoms with Crippen LogP contribution < -0.4 is 4.74 Å². The number of hydrogen-bond donors (Lipinski definition) is 1. The number of esters is 1. The summed E-state index contributed by atoms with van der Waals surface area (Å²) < 4.78 is 5.81. The third kappa shape index (κ3) is 2.35. The van der Waals surface area contributed by atoms with Gasteiger partial charge in [-0.3, -0.25) is 9.78 Å². The Morgan fingerprint density at radius 3 is 2.54 bits per heavy atom. The van der Waals surface area contributed by atoms with Gasteiger partial charge in [-0.25, -0.2) is 0 Å². The molecular weight excluding hydrogens is 326 g/mol. The van der Waals surface area contributed by atoms with Gasteiger partial charge in [0.15, 0.2) is 0 Å². The molecule has 3 atom stereocenters. The summed E-state index contributed by atoms with van der Waals surface area (Å²) in [6.45, 7) is 0. The zero-order chi connectivity index (χ0) is 17.7. The lowest BCUT2D eigenvalue weighted by molar-refractivity contribution is -0.166. The predicted molar refractivity (Wildman–Crippen MR) is 96.7 cm³/mol. The third-order valence-electron chi connectivity index (χ3n) is 6.83. The van der Waals surface area contributed by atoms with Gasteiger partial charge in [0, 0.05) is 12.1 Å². The van der Waals surface area contributed by atoms with Gasteiger partial charge in [-0.1, -0.05) is 18.2 Å². The van der Waals surface area contributed by atoms with Crippen molar-refractivity contribution in [2.24, 2.45) is 23.2 Å². The van der Waals surface area contributed by atoms with E-state index in [4.69, 9.17) is 4.74 Å². The highest BCUT2D eigenvalue weighted by molar-refractivity contribution is 5.81. The minimum atomic E-state index is -0.524. The molecule has 6 rings (SSSR count). The van der Waals surface area contributed by atoms with Gasteiger partial charge in [-0.2, -0.15) is 0 Å². The van der Waals surface area contributed by atoms with Crippen molar-refractivity contribution in [1.82, 2.24) is 4.98 Å². The standard InChI is InChI=1S/C22H23NO3/c24-19-6-2-1-5-18(19)20-16-9-14-8-15(10-16)12-22(20,11-14)21(25)26-17-4-3-7-23-13-17/h1-7,13-16,20,24H,8-12H2. The average Bonchev–Trinajstić information content (AvgIpc) is 2.63. The molecule has 4 aliphatic carbocycles.